The smallest absolute Gasteiger partial charge is 0.277 e. The molecule has 2 aliphatic rings. The van der Waals surface area contributed by atoms with E-state index in [0.717, 1.165) is 31.0 Å². The third-order valence-corrected chi connectivity index (χ3v) is 6.52. The van der Waals surface area contributed by atoms with Gasteiger partial charge in [-0.2, -0.15) is 0 Å². The number of halogens is 1. The molecule has 1 aliphatic carbocycles. The Bertz CT molecular complexity index is 764. The number of amides is 1. The fraction of sp³-hybridized carbons (Fsp3) is 0.526. The Morgan fingerprint density at radius 2 is 1.92 bits per heavy atom. The molecule has 4 rings (SSSR count). The van der Waals surface area contributed by atoms with Crippen molar-refractivity contribution in [3.8, 4) is 11.5 Å². The van der Waals surface area contributed by atoms with Crippen molar-refractivity contribution in [2.45, 2.75) is 37.3 Å². The first-order valence-corrected chi connectivity index (χ1v) is 10.6. The summed E-state index contributed by atoms with van der Waals surface area (Å²) in [5.41, 5.74) is 0.819. The van der Waals surface area contributed by atoms with E-state index in [9.17, 15) is 4.79 Å². The van der Waals surface area contributed by atoms with Gasteiger partial charge >= 0.3 is 0 Å². The van der Waals surface area contributed by atoms with Crippen LogP contribution in [0.15, 0.2) is 33.9 Å². The van der Waals surface area contributed by atoms with Crippen LogP contribution in [0, 0.1) is 11.8 Å². The second-order valence-electron chi connectivity index (χ2n) is 7.10. The summed E-state index contributed by atoms with van der Waals surface area (Å²) >= 11 is 7.21. The van der Waals surface area contributed by atoms with E-state index in [1.54, 1.807) is 12.1 Å². The highest BCUT2D eigenvalue weighted by Gasteiger charge is 2.32. The standard InChI is InChI=1S/C19H22ClN3O2S/c20-16-7-5-14(6-8-16)18-21-22-19(25-18)26-12-17(24)23-10-9-13-3-1-2-4-15(13)11-23/h5-8,13,15H,1-4,9-12H2/t13-,15+/m1/s1. The van der Waals surface area contributed by atoms with Crippen molar-refractivity contribution >= 4 is 29.3 Å². The van der Waals surface area contributed by atoms with Gasteiger partial charge in [0.25, 0.3) is 5.22 Å². The van der Waals surface area contributed by atoms with Crippen molar-refractivity contribution in [2.24, 2.45) is 11.8 Å². The van der Waals surface area contributed by atoms with Gasteiger partial charge in [0.05, 0.1) is 5.75 Å². The summed E-state index contributed by atoms with van der Waals surface area (Å²) in [5, 5.41) is 9.18. The molecule has 1 aliphatic heterocycles. The van der Waals surface area contributed by atoms with Crippen LogP contribution in [0.3, 0.4) is 0 Å². The Hall–Kier alpha value is -1.53. The van der Waals surface area contributed by atoms with E-state index in [4.69, 9.17) is 16.0 Å². The molecular weight excluding hydrogens is 370 g/mol. The molecule has 7 heteroatoms. The molecule has 5 nitrogen and oxygen atoms in total. The molecule has 138 valence electrons. The molecule has 2 fully saturated rings. The number of benzene rings is 1. The lowest BCUT2D eigenvalue weighted by Crippen LogP contribution is -2.45. The van der Waals surface area contributed by atoms with Crippen LogP contribution in [-0.4, -0.2) is 39.8 Å². The molecular formula is C19H22ClN3O2S. The van der Waals surface area contributed by atoms with E-state index in [-0.39, 0.29) is 5.91 Å². The van der Waals surface area contributed by atoms with Crippen LogP contribution in [0.2, 0.25) is 5.02 Å². The third-order valence-electron chi connectivity index (χ3n) is 5.46. The number of carbonyl (C=O) groups is 1. The van der Waals surface area contributed by atoms with Crippen LogP contribution in [0.4, 0.5) is 0 Å². The highest BCUT2D eigenvalue weighted by atomic mass is 35.5. The predicted octanol–water partition coefficient (Wildman–Crippen LogP) is 4.52. The molecule has 0 spiro atoms. The van der Waals surface area contributed by atoms with Gasteiger partial charge in [-0.25, -0.2) is 0 Å². The zero-order chi connectivity index (χ0) is 17.9. The summed E-state index contributed by atoms with van der Waals surface area (Å²) in [5.74, 6) is 2.49. The Kier molecular flexibility index (Phi) is 5.50. The average molecular weight is 392 g/mol. The molecule has 1 saturated carbocycles. The Balaban J connectivity index is 1.31. The highest BCUT2D eigenvalue weighted by molar-refractivity contribution is 7.99. The van der Waals surface area contributed by atoms with Crippen LogP contribution >= 0.6 is 23.4 Å². The van der Waals surface area contributed by atoms with Gasteiger partial charge < -0.3 is 9.32 Å². The van der Waals surface area contributed by atoms with Gasteiger partial charge in [-0.05, 0) is 48.9 Å². The minimum atomic E-state index is 0.172. The molecule has 26 heavy (non-hydrogen) atoms. The van der Waals surface area contributed by atoms with E-state index < -0.39 is 0 Å². The number of rotatable bonds is 4. The minimum Gasteiger partial charge on any atom is -0.411 e. The van der Waals surface area contributed by atoms with E-state index >= 15 is 0 Å². The summed E-state index contributed by atoms with van der Waals surface area (Å²) in [6.07, 6.45) is 6.44. The van der Waals surface area contributed by atoms with Crippen molar-refractivity contribution in [2.75, 3.05) is 18.8 Å². The Labute approximate surface area is 162 Å². The molecule has 1 aromatic carbocycles. The first kappa shape index (κ1) is 17.9. The van der Waals surface area contributed by atoms with Crippen molar-refractivity contribution in [3.63, 3.8) is 0 Å². The van der Waals surface area contributed by atoms with Crippen LogP contribution < -0.4 is 0 Å². The van der Waals surface area contributed by atoms with Gasteiger partial charge in [0.2, 0.25) is 11.8 Å². The van der Waals surface area contributed by atoms with Gasteiger partial charge in [-0.3, -0.25) is 4.79 Å². The van der Waals surface area contributed by atoms with E-state index in [2.05, 4.69) is 10.2 Å². The second kappa shape index (κ2) is 8.01. The van der Waals surface area contributed by atoms with Crippen molar-refractivity contribution in [1.82, 2.24) is 15.1 Å². The van der Waals surface area contributed by atoms with E-state index in [1.165, 1.54) is 37.4 Å². The zero-order valence-corrected chi connectivity index (χ0v) is 16.1. The number of hydrogen-bond acceptors (Lipinski definition) is 5. The maximum atomic E-state index is 12.6. The number of likely N-dealkylation sites (tertiary alicyclic amines) is 1. The quantitative estimate of drug-likeness (QED) is 0.717. The van der Waals surface area contributed by atoms with Crippen molar-refractivity contribution in [1.29, 1.82) is 0 Å². The monoisotopic (exact) mass is 391 g/mol. The van der Waals surface area contributed by atoms with Gasteiger partial charge in [-0.15, -0.1) is 10.2 Å². The molecule has 1 aromatic heterocycles. The van der Waals surface area contributed by atoms with Gasteiger partial charge in [0.1, 0.15) is 0 Å². The Morgan fingerprint density at radius 1 is 1.15 bits per heavy atom. The first-order chi connectivity index (χ1) is 12.7. The maximum Gasteiger partial charge on any atom is 0.277 e. The minimum absolute atomic E-state index is 0.172. The molecule has 0 N–H and O–H groups in total. The SMILES string of the molecule is O=C(CSc1nnc(-c2ccc(Cl)cc2)o1)N1CC[C@H]2CCCC[C@H]2C1. The number of aromatic nitrogens is 2. The van der Waals surface area contributed by atoms with Gasteiger partial charge in [-0.1, -0.05) is 42.6 Å². The van der Waals surface area contributed by atoms with Crippen molar-refractivity contribution < 1.29 is 9.21 Å². The molecule has 1 saturated heterocycles. The summed E-state index contributed by atoms with van der Waals surface area (Å²) in [4.78, 5) is 14.6. The van der Waals surface area contributed by atoms with Crippen LogP contribution in [0.5, 0.6) is 0 Å². The third kappa shape index (κ3) is 4.07. The Morgan fingerprint density at radius 3 is 2.73 bits per heavy atom. The number of carbonyl (C=O) groups excluding carboxylic acids is 1. The summed E-state index contributed by atoms with van der Waals surface area (Å²) in [6, 6.07) is 7.24. The molecule has 0 bridgehead atoms. The van der Waals surface area contributed by atoms with E-state index in [0.29, 0.717) is 27.8 Å². The van der Waals surface area contributed by atoms with Crippen LogP contribution in [-0.2, 0) is 4.79 Å². The second-order valence-corrected chi connectivity index (χ2v) is 8.46. The highest BCUT2D eigenvalue weighted by Crippen LogP contribution is 2.36. The number of thioether (sulfide) groups is 1. The first-order valence-electron chi connectivity index (χ1n) is 9.19. The normalized spacial score (nSPS) is 22.9. The lowest BCUT2D eigenvalue weighted by molar-refractivity contribution is -0.131. The fourth-order valence-corrected chi connectivity index (χ4v) is 4.81. The topological polar surface area (TPSA) is 59.2 Å². The maximum absolute atomic E-state index is 12.6. The molecule has 1 amide bonds. The number of hydrogen-bond donors (Lipinski definition) is 0. The molecule has 0 unspecified atom stereocenters. The number of piperidine rings is 1. The molecule has 0 radical (unpaired) electrons. The van der Waals surface area contributed by atoms with Crippen LogP contribution in [0.1, 0.15) is 32.1 Å². The van der Waals surface area contributed by atoms with Crippen LogP contribution in [0.25, 0.3) is 11.5 Å². The fourth-order valence-electron chi connectivity index (χ4n) is 4.02. The predicted molar refractivity (Wildman–Crippen MR) is 102 cm³/mol. The zero-order valence-electron chi connectivity index (χ0n) is 14.6. The molecule has 2 heterocycles. The lowest BCUT2D eigenvalue weighted by Gasteiger charge is -2.41. The average Bonchev–Trinajstić information content (AvgIpc) is 3.15. The van der Waals surface area contributed by atoms with E-state index in [1.807, 2.05) is 17.0 Å². The summed E-state index contributed by atoms with van der Waals surface area (Å²) in [7, 11) is 0. The largest absolute Gasteiger partial charge is 0.411 e. The number of fused-ring (bicyclic) bond motifs is 1. The molecule has 2 atom stereocenters. The summed E-state index contributed by atoms with van der Waals surface area (Å²) in [6.45, 7) is 1.81. The summed E-state index contributed by atoms with van der Waals surface area (Å²) < 4.78 is 5.66. The lowest BCUT2D eigenvalue weighted by atomic mass is 9.75. The van der Waals surface area contributed by atoms with Gasteiger partial charge in [0.15, 0.2) is 0 Å². The van der Waals surface area contributed by atoms with Crippen molar-refractivity contribution in [3.05, 3.63) is 29.3 Å². The van der Waals surface area contributed by atoms with Gasteiger partial charge in [0, 0.05) is 23.7 Å². The molecule has 2 aromatic rings. The number of nitrogens with zero attached hydrogens (tertiary/aromatic N) is 3.